The van der Waals surface area contributed by atoms with Crippen molar-refractivity contribution in [1.82, 2.24) is 4.98 Å². The van der Waals surface area contributed by atoms with Crippen LogP contribution in [0.1, 0.15) is 31.8 Å². The molecule has 0 bridgehead atoms. The molecular formula is C23H16F7NO5. The van der Waals surface area contributed by atoms with E-state index >= 15 is 0 Å². The Bertz CT molecular complexity index is 1210. The molecule has 0 amide bonds. The molecule has 0 N–H and O–H groups in total. The summed E-state index contributed by atoms with van der Waals surface area (Å²) in [6.45, 7) is 0. The maximum absolute atomic E-state index is 13.1. The molecule has 0 aliphatic carbocycles. The predicted molar refractivity (Wildman–Crippen MR) is 110 cm³/mol. The fourth-order valence-corrected chi connectivity index (χ4v) is 2.61. The van der Waals surface area contributed by atoms with Crippen LogP contribution in [0.15, 0.2) is 60.9 Å². The summed E-state index contributed by atoms with van der Waals surface area (Å²) in [6.07, 6.45) is -6.73. The van der Waals surface area contributed by atoms with Crippen LogP contribution in [0.2, 0.25) is 0 Å². The van der Waals surface area contributed by atoms with Crippen LogP contribution in [0.4, 0.5) is 30.7 Å². The molecule has 0 atom stereocenters. The molecule has 36 heavy (non-hydrogen) atoms. The van der Waals surface area contributed by atoms with E-state index in [1.807, 2.05) is 0 Å². The van der Waals surface area contributed by atoms with Crippen LogP contribution >= 0.6 is 0 Å². The summed E-state index contributed by atoms with van der Waals surface area (Å²) in [7, 11) is 2.12. The largest absolute Gasteiger partial charge is 0.465 e. The normalized spacial score (nSPS) is 11.1. The number of nitrogens with zero attached hydrogens (tertiary/aromatic N) is 1. The van der Waals surface area contributed by atoms with Crippen LogP contribution in [-0.4, -0.2) is 31.1 Å². The fraction of sp³-hybridized carbons (Fsp3) is 0.174. The minimum absolute atomic E-state index is 0.161. The van der Waals surface area contributed by atoms with Crippen LogP contribution in [0.5, 0.6) is 11.5 Å². The number of methoxy groups -OCH3 is 2. The molecule has 13 heteroatoms. The first-order chi connectivity index (χ1) is 16.8. The number of ether oxygens (including phenoxy) is 3. The van der Waals surface area contributed by atoms with Gasteiger partial charge in [-0.05, 0) is 48.5 Å². The van der Waals surface area contributed by atoms with Gasteiger partial charge in [0, 0.05) is 6.20 Å². The van der Waals surface area contributed by atoms with Crippen LogP contribution in [0.25, 0.3) is 0 Å². The van der Waals surface area contributed by atoms with Crippen molar-refractivity contribution in [2.75, 3.05) is 14.2 Å². The van der Waals surface area contributed by atoms with E-state index in [2.05, 4.69) is 14.5 Å². The fourth-order valence-electron chi connectivity index (χ4n) is 2.61. The van der Waals surface area contributed by atoms with E-state index in [4.69, 9.17) is 4.74 Å². The number of aromatic nitrogens is 1. The molecule has 192 valence electrons. The number of alkyl halides is 6. The van der Waals surface area contributed by atoms with Crippen molar-refractivity contribution >= 4 is 11.9 Å². The SMILES string of the molecule is COC(=O)c1ccc(F)c(C(F)(F)F)c1.COC(=O)c1ccc(Oc2cccnc2)c(C(F)(F)F)c1. The third-order valence-corrected chi connectivity index (χ3v) is 4.26. The molecule has 0 aliphatic rings. The average molecular weight is 519 g/mol. The van der Waals surface area contributed by atoms with Crippen molar-refractivity contribution in [2.24, 2.45) is 0 Å². The van der Waals surface area contributed by atoms with Gasteiger partial charge < -0.3 is 14.2 Å². The highest BCUT2D eigenvalue weighted by Crippen LogP contribution is 2.38. The van der Waals surface area contributed by atoms with Gasteiger partial charge >= 0.3 is 24.3 Å². The summed E-state index contributed by atoms with van der Waals surface area (Å²) in [4.78, 5) is 26.0. The summed E-state index contributed by atoms with van der Waals surface area (Å²) < 4.78 is 102. The third kappa shape index (κ3) is 7.42. The highest BCUT2D eigenvalue weighted by atomic mass is 19.4. The van der Waals surface area contributed by atoms with E-state index in [0.29, 0.717) is 18.2 Å². The second-order valence-corrected chi connectivity index (χ2v) is 6.68. The highest BCUT2D eigenvalue weighted by Gasteiger charge is 2.36. The molecule has 3 rings (SSSR count). The van der Waals surface area contributed by atoms with Gasteiger partial charge in [0.1, 0.15) is 17.3 Å². The van der Waals surface area contributed by atoms with Crippen molar-refractivity contribution < 1.29 is 54.5 Å². The van der Waals surface area contributed by atoms with Crippen molar-refractivity contribution in [3.05, 3.63) is 89.0 Å². The lowest BCUT2D eigenvalue weighted by atomic mass is 10.1. The van der Waals surface area contributed by atoms with Crippen molar-refractivity contribution in [2.45, 2.75) is 12.4 Å². The predicted octanol–water partition coefficient (Wildman–Crippen LogP) is 6.31. The molecule has 6 nitrogen and oxygen atoms in total. The number of carbonyl (C=O) groups excluding carboxylic acids is 2. The van der Waals surface area contributed by atoms with E-state index in [0.717, 1.165) is 26.4 Å². The first-order valence-corrected chi connectivity index (χ1v) is 9.60. The lowest BCUT2D eigenvalue weighted by Gasteiger charge is -2.14. The molecule has 0 saturated carbocycles. The molecular weight excluding hydrogens is 503 g/mol. The van der Waals surface area contributed by atoms with E-state index in [9.17, 15) is 40.3 Å². The minimum Gasteiger partial charge on any atom is -0.465 e. The number of pyridine rings is 1. The molecule has 0 radical (unpaired) electrons. The number of esters is 2. The van der Waals surface area contributed by atoms with E-state index in [-0.39, 0.29) is 16.9 Å². The molecule has 1 aromatic heterocycles. The number of carbonyl (C=O) groups is 2. The van der Waals surface area contributed by atoms with Crippen molar-refractivity contribution in [1.29, 1.82) is 0 Å². The van der Waals surface area contributed by atoms with E-state index in [1.165, 1.54) is 30.6 Å². The van der Waals surface area contributed by atoms with Crippen LogP contribution in [0, 0.1) is 5.82 Å². The van der Waals surface area contributed by atoms with Gasteiger partial charge in [0.15, 0.2) is 0 Å². The minimum atomic E-state index is -4.83. The van der Waals surface area contributed by atoms with Gasteiger partial charge in [0.25, 0.3) is 0 Å². The van der Waals surface area contributed by atoms with Gasteiger partial charge in [-0.15, -0.1) is 0 Å². The van der Waals surface area contributed by atoms with Crippen molar-refractivity contribution in [3.63, 3.8) is 0 Å². The first-order valence-electron chi connectivity index (χ1n) is 9.60. The summed E-state index contributed by atoms with van der Waals surface area (Å²) in [5.41, 5.74) is -3.09. The Kier molecular flexibility index (Phi) is 8.98. The Morgan fingerprint density at radius 3 is 1.78 bits per heavy atom. The van der Waals surface area contributed by atoms with Gasteiger partial charge in [-0.1, -0.05) is 0 Å². The standard InChI is InChI=1S/C14H10F3NO3.C9H6F4O2/c1-20-13(19)9-4-5-12(11(7-9)14(15,16)17)21-10-3-2-6-18-8-10;1-15-8(14)5-2-3-7(10)6(4-5)9(11,12)13/h2-8H,1H3;2-4H,1H3. The zero-order valence-corrected chi connectivity index (χ0v) is 18.4. The van der Waals surface area contributed by atoms with Crippen molar-refractivity contribution in [3.8, 4) is 11.5 Å². The Hall–Kier alpha value is -4.16. The molecule has 0 fully saturated rings. The van der Waals surface area contributed by atoms with Gasteiger partial charge in [-0.3, -0.25) is 4.98 Å². The molecule has 3 aromatic rings. The average Bonchev–Trinajstić information content (AvgIpc) is 2.83. The van der Waals surface area contributed by atoms with Gasteiger partial charge in [0.2, 0.25) is 0 Å². The zero-order valence-electron chi connectivity index (χ0n) is 18.4. The zero-order chi connectivity index (χ0) is 27.1. The van der Waals surface area contributed by atoms with Crippen LogP contribution < -0.4 is 4.74 Å². The topological polar surface area (TPSA) is 74.7 Å². The van der Waals surface area contributed by atoms with Crippen LogP contribution in [0.3, 0.4) is 0 Å². The smallest absolute Gasteiger partial charge is 0.420 e. The lowest BCUT2D eigenvalue weighted by Crippen LogP contribution is -2.11. The maximum atomic E-state index is 13.1. The summed E-state index contributed by atoms with van der Waals surface area (Å²) >= 11 is 0. The summed E-state index contributed by atoms with van der Waals surface area (Å²) in [5.74, 6) is -3.47. The van der Waals surface area contributed by atoms with Crippen LogP contribution in [-0.2, 0) is 21.8 Å². The summed E-state index contributed by atoms with van der Waals surface area (Å²) in [6, 6.07) is 7.89. The Labute approximate surface area is 199 Å². The van der Waals surface area contributed by atoms with E-state index < -0.39 is 47.0 Å². The Balaban J connectivity index is 0.000000269. The quantitative estimate of drug-likeness (QED) is 0.297. The molecule has 0 unspecified atom stereocenters. The monoisotopic (exact) mass is 519 g/mol. The number of hydrogen-bond donors (Lipinski definition) is 0. The number of halogens is 7. The van der Waals surface area contributed by atoms with Gasteiger partial charge in [0.05, 0.1) is 42.7 Å². The molecule has 0 aliphatic heterocycles. The lowest BCUT2D eigenvalue weighted by molar-refractivity contribution is -0.140. The molecule has 1 heterocycles. The number of rotatable bonds is 4. The number of benzene rings is 2. The third-order valence-electron chi connectivity index (χ3n) is 4.26. The summed E-state index contributed by atoms with van der Waals surface area (Å²) in [5, 5.41) is 0. The van der Waals surface area contributed by atoms with E-state index in [1.54, 1.807) is 0 Å². The van der Waals surface area contributed by atoms with Gasteiger partial charge in [-0.25, -0.2) is 14.0 Å². The molecule has 0 spiro atoms. The number of hydrogen-bond acceptors (Lipinski definition) is 6. The molecule has 2 aromatic carbocycles. The van der Waals surface area contributed by atoms with Gasteiger partial charge in [-0.2, -0.15) is 26.3 Å². The Morgan fingerprint density at radius 1 is 0.778 bits per heavy atom. The highest BCUT2D eigenvalue weighted by molar-refractivity contribution is 5.90. The molecule has 0 saturated heterocycles. The Morgan fingerprint density at radius 2 is 1.31 bits per heavy atom. The second kappa shape index (κ2) is 11.5. The maximum Gasteiger partial charge on any atom is 0.420 e. The first kappa shape index (κ1) is 28.1. The second-order valence-electron chi connectivity index (χ2n) is 6.68.